The highest BCUT2D eigenvalue weighted by atomic mass is 19.1. The first-order valence-electron chi connectivity index (χ1n) is 10.1. The number of piperazine rings is 1. The van der Waals surface area contributed by atoms with E-state index in [4.69, 9.17) is 0 Å². The van der Waals surface area contributed by atoms with Crippen LogP contribution in [-0.2, 0) is 0 Å². The van der Waals surface area contributed by atoms with Crippen molar-refractivity contribution in [3.8, 4) is 0 Å². The van der Waals surface area contributed by atoms with Crippen molar-refractivity contribution < 1.29 is 9.18 Å². The summed E-state index contributed by atoms with van der Waals surface area (Å²) < 4.78 is 16.4. The Labute approximate surface area is 180 Å². The van der Waals surface area contributed by atoms with E-state index >= 15 is 0 Å². The molecule has 1 aromatic carbocycles. The molecular formula is C22H26FN7O. The van der Waals surface area contributed by atoms with Gasteiger partial charge in [0.2, 0.25) is 5.95 Å². The molecule has 0 spiro atoms. The Hall–Kier alpha value is -3.46. The van der Waals surface area contributed by atoms with E-state index in [2.05, 4.69) is 38.7 Å². The lowest BCUT2D eigenvalue weighted by molar-refractivity contribution is 0.0821. The molecule has 3 heterocycles. The third-order valence-electron chi connectivity index (χ3n) is 5.43. The third kappa shape index (κ3) is 4.09. The van der Waals surface area contributed by atoms with Crippen LogP contribution in [0, 0.1) is 5.82 Å². The zero-order valence-corrected chi connectivity index (χ0v) is 18.0. The lowest BCUT2D eigenvalue weighted by Crippen LogP contribution is -2.44. The van der Waals surface area contributed by atoms with E-state index < -0.39 is 0 Å². The highest BCUT2D eigenvalue weighted by molar-refractivity contribution is 5.98. The average molecular weight is 423 g/mol. The Morgan fingerprint density at radius 2 is 1.97 bits per heavy atom. The van der Waals surface area contributed by atoms with E-state index in [1.54, 1.807) is 43.2 Å². The van der Waals surface area contributed by atoms with Crippen molar-refractivity contribution in [3.05, 3.63) is 48.6 Å². The summed E-state index contributed by atoms with van der Waals surface area (Å²) in [6, 6.07) is 6.78. The van der Waals surface area contributed by atoms with Gasteiger partial charge in [0, 0.05) is 63.7 Å². The quantitative estimate of drug-likeness (QED) is 0.681. The van der Waals surface area contributed by atoms with Gasteiger partial charge in [-0.05, 0) is 31.3 Å². The summed E-state index contributed by atoms with van der Waals surface area (Å²) >= 11 is 0. The second-order valence-corrected chi connectivity index (χ2v) is 7.84. The standard InChI is InChI=1S/C22H26FN7O/c1-5-30-19(21(31)27(2)3)12-15-14-24-22(26-20(15)30)25-16-6-7-18(17(23)13-16)29-10-8-28(4)9-11-29/h5-7,12-14H,1,8-11H2,2-4H3,(H,24,25,26). The van der Waals surface area contributed by atoms with Crippen molar-refractivity contribution in [2.45, 2.75) is 0 Å². The van der Waals surface area contributed by atoms with Crippen molar-refractivity contribution in [1.29, 1.82) is 0 Å². The van der Waals surface area contributed by atoms with E-state index in [0.717, 1.165) is 26.2 Å². The zero-order chi connectivity index (χ0) is 22.1. The molecule has 0 unspecified atom stereocenters. The Bertz CT molecular complexity index is 1130. The first-order chi connectivity index (χ1) is 14.9. The van der Waals surface area contributed by atoms with Crippen molar-refractivity contribution in [2.75, 3.05) is 57.5 Å². The van der Waals surface area contributed by atoms with E-state index in [-0.39, 0.29) is 11.7 Å². The maximum Gasteiger partial charge on any atom is 0.270 e. The molecule has 0 radical (unpaired) electrons. The number of aromatic nitrogens is 3. The van der Waals surface area contributed by atoms with Crippen molar-refractivity contribution in [1.82, 2.24) is 24.3 Å². The minimum Gasteiger partial charge on any atom is -0.367 e. The van der Waals surface area contributed by atoms with Crippen LogP contribution < -0.4 is 10.2 Å². The maximum absolute atomic E-state index is 14.8. The molecule has 1 fully saturated rings. The number of amides is 1. The molecule has 0 saturated carbocycles. The molecule has 1 aliphatic rings. The summed E-state index contributed by atoms with van der Waals surface area (Å²) in [5, 5.41) is 3.77. The second kappa shape index (κ2) is 8.35. The van der Waals surface area contributed by atoms with E-state index in [0.29, 0.717) is 34.1 Å². The van der Waals surface area contributed by atoms with Gasteiger partial charge in [0.05, 0.1) is 5.69 Å². The normalized spacial score (nSPS) is 14.6. The molecule has 1 N–H and O–H groups in total. The highest BCUT2D eigenvalue weighted by Crippen LogP contribution is 2.26. The molecule has 3 aromatic rings. The fraction of sp³-hybridized carbons (Fsp3) is 0.318. The third-order valence-corrected chi connectivity index (χ3v) is 5.43. The fourth-order valence-corrected chi connectivity index (χ4v) is 3.66. The van der Waals surface area contributed by atoms with E-state index in [1.165, 1.54) is 11.0 Å². The highest BCUT2D eigenvalue weighted by Gasteiger charge is 2.19. The van der Waals surface area contributed by atoms with Crippen LogP contribution in [0.2, 0.25) is 0 Å². The molecule has 0 atom stereocenters. The minimum absolute atomic E-state index is 0.158. The molecule has 0 bridgehead atoms. The van der Waals surface area contributed by atoms with Crippen LogP contribution in [0.5, 0.6) is 0 Å². The summed E-state index contributed by atoms with van der Waals surface area (Å²) in [7, 11) is 5.44. The number of nitrogens with one attached hydrogen (secondary N) is 1. The summed E-state index contributed by atoms with van der Waals surface area (Å²) in [5.74, 6) is -0.137. The Kier molecular flexibility index (Phi) is 5.60. The van der Waals surface area contributed by atoms with Crippen LogP contribution in [0.3, 0.4) is 0 Å². The zero-order valence-electron chi connectivity index (χ0n) is 18.0. The summed E-state index contributed by atoms with van der Waals surface area (Å²) in [6.45, 7) is 7.21. The number of halogens is 1. The smallest absolute Gasteiger partial charge is 0.270 e. The van der Waals surface area contributed by atoms with E-state index in [9.17, 15) is 9.18 Å². The van der Waals surface area contributed by atoms with Crippen LogP contribution in [-0.4, -0.2) is 77.6 Å². The second-order valence-electron chi connectivity index (χ2n) is 7.84. The minimum atomic E-state index is -0.288. The van der Waals surface area contributed by atoms with Crippen LogP contribution in [0.1, 0.15) is 10.5 Å². The van der Waals surface area contributed by atoms with Crippen molar-refractivity contribution in [3.63, 3.8) is 0 Å². The molecule has 8 nitrogen and oxygen atoms in total. The molecule has 31 heavy (non-hydrogen) atoms. The number of anilines is 3. The first kappa shape index (κ1) is 20.8. The number of fused-ring (bicyclic) bond motifs is 1. The summed E-state index contributed by atoms with van der Waals surface area (Å²) in [6.07, 6.45) is 3.17. The van der Waals surface area contributed by atoms with Gasteiger partial charge in [-0.25, -0.2) is 9.37 Å². The van der Waals surface area contributed by atoms with Crippen LogP contribution in [0.15, 0.2) is 37.0 Å². The van der Waals surface area contributed by atoms with Crippen LogP contribution in [0.4, 0.5) is 21.7 Å². The van der Waals surface area contributed by atoms with Crippen LogP contribution in [0.25, 0.3) is 17.2 Å². The predicted molar refractivity (Wildman–Crippen MR) is 121 cm³/mol. The number of benzene rings is 1. The number of rotatable bonds is 5. The van der Waals surface area contributed by atoms with Crippen molar-refractivity contribution in [2.24, 2.45) is 0 Å². The molecule has 4 rings (SSSR count). The number of hydrogen-bond donors (Lipinski definition) is 1. The van der Waals surface area contributed by atoms with Gasteiger partial charge in [-0.2, -0.15) is 4.98 Å². The predicted octanol–water partition coefficient (Wildman–Crippen LogP) is 2.87. The molecule has 2 aromatic heterocycles. The number of carbonyl (C=O) groups is 1. The molecule has 9 heteroatoms. The van der Waals surface area contributed by atoms with Gasteiger partial charge in [0.15, 0.2) is 0 Å². The molecule has 1 saturated heterocycles. The van der Waals surface area contributed by atoms with Crippen molar-refractivity contribution >= 4 is 40.5 Å². The molecule has 162 valence electrons. The number of likely N-dealkylation sites (N-methyl/N-ethyl adjacent to an activating group) is 1. The van der Waals surface area contributed by atoms with Gasteiger partial charge < -0.3 is 20.0 Å². The van der Waals surface area contributed by atoms with Crippen LogP contribution >= 0.6 is 0 Å². The lowest BCUT2D eigenvalue weighted by Gasteiger charge is -2.34. The SMILES string of the molecule is C=Cn1c(C(=O)N(C)C)cc2cnc(Nc3ccc(N4CCN(C)CC4)c(F)c3)nc21. The van der Waals surface area contributed by atoms with Gasteiger partial charge in [-0.3, -0.25) is 9.36 Å². The lowest BCUT2D eigenvalue weighted by atomic mass is 10.2. The molecule has 0 aliphatic carbocycles. The Morgan fingerprint density at radius 1 is 1.23 bits per heavy atom. The van der Waals surface area contributed by atoms with E-state index in [1.807, 2.05) is 6.07 Å². The summed E-state index contributed by atoms with van der Waals surface area (Å²) in [5.41, 5.74) is 2.15. The Balaban J connectivity index is 1.59. The molecular weight excluding hydrogens is 397 g/mol. The number of nitrogens with zero attached hydrogens (tertiary/aromatic N) is 6. The van der Waals surface area contributed by atoms with Gasteiger partial charge in [0.25, 0.3) is 5.91 Å². The molecule has 1 aliphatic heterocycles. The monoisotopic (exact) mass is 423 g/mol. The topological polar surface area (TPSA) is 69.5 Å². The largest absolute Gasteiger partial charge is 0.367 e. The van der Waals surface area contributed by atoms with Gasteiger partial charge in [-0.1, -0.05) is 6.58 Å². The number of carbonyl (C=O) groups excluding carboxylic acids is 1. The maximum atomic E-state index is 14.8. The first-order valence-corrected chi connectivity index (χ1v) is 10.1. The fourth-order valence-electron chi connectivity index (χ4n) is 3.66. The Morgan fingerprint density at radius 3 is 2.61 bits per heavy atom. The number of hydrogen-bond acceptors (Lipinski definition) is 6. The average Bonchev–Trinajstić information content (AvgIpc) is 3.12. The molecule has 1 amide bonds. The summed E-state index contributed by atoms with van der Waals surface area (Å²) in [4.78, 5) is 27.0. The van der Waals surface area contributed by atoms with Gasteiger partial charge in [-0.15, -0.1) is 0 Å². The van der Waals surface area contributed by atoms with Gasteiger partial charge in [0.1, 0.15) is 17.2 Å². The van der Waals surface area contributed by atoms with Gasteiger partial charge >= 0.3 is 0 Å².